The summed E-state index contributed by atoms with van der Waals surface area (Å²) in [5, 5.41) is 0. The van der Waals surface area contributed by atoms with Gasteiger partial charge in [-0.15, -0.1) is 6.58 Å². The topological polar surface area (TPSA) is 38.8 Å². The van der Waals surface area contributed by atoms with Gasteiger partial charge in [0.2, 0.25) is 5.91 Å². The van der Waals surface area contributed by atoms with E-state index in [4.69, 9.17) is 9.47 Å². The molecule has 0 aliphatic rings. The van der Waals surface area contributed by atoms with Crippen LogP contribution in [0.4, 0.5) is 0 Å². The lowest BCUT2D eigenvalue weighted by molar-refractivity contribution is -0.129. The van der Waals surface area contributed by atoms with E-state index in [2.05, 4.69) is 29.1 Å². The molecule has 0 aromatic heterocycles. The predicted octanol–water partition coefficient (Wildman–Crippen LogP) is 5.30. The fourth-order valence-electron chi connectivity index (χ4n) is 2.84. The van der Waals surface area contributed by atoms with Crippen LogP contribution in [0.2, 0.25) is 0 Å². The van der Waals surface area contributed by atoms with Crippen LogP contribution in [-0.4, -0.2) is 25.0 Å². The van der Waals surface area contributed by atoms with Crippen LogP contribution in [0.1, 0.15) is 24.1 Å². The summed E-state index contributed by atoms with van der Waals surface area (Å²) in [5.41, 5.74) is 2.35. The number of halogens is 1. The second-order valence-electron chi connectivity index (χ2n) is 6.11. The minimum absolute atomic E-state index is 0.134. The van der Waals surface area contributed by atoms with E-state index >= 15 is 0 Å². The van der Waals surface area contributed by atoms with Crippen molar-refractivity contribution in [1.29, 1.82) is 0 Å². The fraction of sp³-hybridized carbons (Fsp3) is 0.227. The Morgan fingerprint density at radius 1 is 1.19 bits per heavy atom. The summed E-state index contributed by atoms with van der Waals surface area (Å²) in [4.78, 5) is 14.7. The number of carbonyl (C=O) groups excluding carboxylic acids is 1. The summed E-state index contributed by atoms with van der Waals surface area (Å²) < 4.78 is 11.6. The molecule has 4 nitrogen and oxygen atoms in total. The van der Waals surface area contributed by atoms with Crippen molar-refractivity contribution in [1.82, 2.24) is 4.90 Å². The lowest BCUT2D eigenvalue weighted by Gasteiger charge is -2.31. The molecule has 0 fully saturated rings. The van der Waals surface area contributed by atoms with Gasteiger partial charge >= 0.3 is 0 Å². The van der Waals surface area contributed by atoms with Gasteiger partial charge in [-0.05, 0) is 30.2 Å². The molecule has 1 atom stereocenters. The van der Waals surface area contributed by atoms with Crippen LogP contribution in [0.25, 0.3) is 0 Å². The number of methoxy groups -OCH3 is 2. The zero-order chi connectivity index (χ0) is 20.0. The average Bonchev–Trinajstić information content (AvgIpc) is 2.68. The van der Waals surface area contributed by atoms with Crippen LogP contribution in [0, 0.1) is 0 Å². The van der Waals surface area contributed by atoms with Crippen molar-refractivity contribution in [2.75, 3.05) is 14.2 Å². The Bertz CT molecular complexity index is 833. The van der Waals surface area contributed by atoms with Gasteiger partial charge in [-0.25, -0.2) is 0 Å². The smallest absolute Gasteiger partial charge is 0.249 e. The highest BCUT2D eigenvalue weighted by molar-refractivity contribution is 9.10. The van der Waals surface area contributed by atoms with Crippen LogP contribution in [0.3, 0.4) is 0 Å². The van der Waals surface area contributed by atoms with E-state index in [-0.39, 0.29) is 11.9 Å². The van der Waals surface area contributed by atoms with Gasteiger partial charge in [0, 0.05) is 16.6 Å². The molecule has 0 saturated heterocycles. The summed E-state index contributed by atoms with van der Waals surface area (Å²) in [6, 6.07) is 13.1. The molecule has 0 radical (unpaired) electrons. The average molecular weight is 430 g/mol. The third-order valence-electron chi connectivity index (χ3n) is 4.20. The number of rotatable bonds is 8. The van der Waals surface area contributed by atoms with Gasteiger partial charge in [-0.1, -0.05) is 58.9 Å². The minimum atomic E-state index is -0.372. The van der Waals surface area contributed by atoms with Gasteiger partial charge in [0.15, 0.2) is 11.5 Å². The van der Waals surface area contributed by atoms with Crippen LogP contribution < -0.4 is 9.47 Å². The Morgan fingerprint density at radius 2 is 1.78 bits per heavy atom. The van der Waals surface area contributed by atoms with Crippen molar-refractivity contribution < 1.29 is 14.3 Å². The quantitative estimate of drug-likeness (QED) is 0.422. The highest BCUT2D eigenvalue weighted by Gasteiger charge is 2.26. The maximum Gasteiger partial charge on any atom is 0.249 e. The first kappa shape index (κ1) is 20.8. The molecule has 27 heavy (non-hydrogen) atoms. The molecular weight excluding hydrogens is 406 g/mol. The molecule has 5 heteroatoms. The molecule has 0 N–H and O–H groups in total. The van der Waals surface area contributed by atoms with E-state index < -0.39 is 0 Å². The third-order valence-corrected chi connectivity index (χ3v) is 4.89. The summed E-state index contributed by atoms with van der Waals surface area (Å²) in [7, 11) is 3.17. The summed E-state index contributed by atoms with van der Waals surface area (Å²) >= 11 is 3.59. The molecule has 0 aliphatic heterocycles. The molecule has 0 spiro atoms. The minimum Gasteiger partial charge on any atom is -0.493 e. The zero-order valence-electron chi connectivity index (χ0n) is 15.9. The van der Waals surface area contributed by atoms with Crippen molar-refractivity contribution in [3.8, 4) is 11.5 Å². The molecule has 2 aromatic rings. The highest BCUT2D eigenvalue weighted by Crippen LogP contribution is 2.39. The fourth-order valence-corrected chi connectivity index (χ4v) is 3.40. The Kier molecular flexibility index (Phi) is 7.25. The predicted molar refractivity (Wildman–Crippen MR) is 112 cm³/mol. The van der Waals surface area contributed by atoms with Gasteiger partial charge in [-0.2, -0.15) is 0 Å². The Morgan fingerprint density at radius 3 is 2.30 bits per heavy atom. The van der Waals surface area contributed by atoms with Gasteiger partial charge in [-0.3, -0.25) is 4.79 Å². The summed E-state index contributed by atoms with van der Waals surface area (Å²) in [5.74, 6) is 1.06. The summed E-state index contributed by atoms with van der Waals surface area (Å²) in [6.45, 7) is 9.94. The van der Waals surface area contributed by atoms with Crippen molar-refractivity contribution in [2.24, 2.45) is 0 Å². The van der Waals surface area contributed by atoms with Gasteiger partial charge < -0.3 is 14.4 Å². The molecular formula is C22H24BrNO3. The molecule has 1 unspecified atom stereocenters. The summed E-state index contributed by atoms with van der Waals surface area (Å²) in [6.07, 6.45) is 1.75. The molecule has 2 aromatic carbocycles. The van der Waals surface area contributed by atoms with Gasteiger partial charge in [0.25, 0.3) is 0 Å². The molecule has 2 rings (SSSR count). The molecule has 0 saturated carbocycles. The van der Waals surface area contributed by atoms with Crippen molar-refractivity contribution >= 4 is 21.8 Å². The van der Waals surface area contributed by atoms with E-state index in [1.54, 1.807) is 32.1 Å². The van der Waals surface area contributed by atoms with Crippen molar-refractivity contribution in [3.05, 3.63) is 82.9 Å². The monoisotopic (exact) mass is 429 g/mol. The Labute approximate surface area is 169 Å². The lowest BCUT2D eigenvalue weighted by atomic mass is 10.0. The van der Waals surface area contributed by atoms with Crippen LogP contribution in [0.15, 0.2) is 71.7 Å². The third kappa shape index (κ3) is 4.80. The Hall–Kier alpha value is -2.53. The van der Waals surface area contributed by atoms with Gasteiger partial charge in [0.1, 0.15) is 0 Å². The number of carbonyl (C=O) groups is 1. The van der Waals surface area contributed by atoms with Crippen molar-refractivity contribution in [3.63, 3.8) is 0 Å². The molecule has 1 amide bonds. The normalized spacial score (nSPS) is 11.4. The molecule has 0 heterocycles. The van der Waals surface area contributed by atoms with E-state index in [9.17, 15) is 4.79 Å². The first-order valence-electron chi connectivity index (χ1n) is 8.47. The maximum absolute atomic E-state index is 12.9. The van der Waals surface area contributed by atoms with E-state index in [0.29, 0.717) is 23.6 Å². The standard InChI is InChI=1S/C22H24BrNO3/c1-6-19(17-12-20(26-4)21(27-5)13-18(17)23)24(22(25)15(2)3)14-16-10-8-7-9-11-16/h6-13,19H,1-2,14H2,3-5H3. The molecule has 0 bridgehead atoms. The second-order valence-corrected chi connectivity index (χ2v) is 6.96. The van der Waals surface area contributed by atoms with Crippen LogP contribution >= 0.6 is 15.9 Å². The lowest BCUT2D eigenvalue weighted by Crippen LogP contribution is -2.34. The number of ether oxygens (including phenoxy) is 2. The number of hydrogen-bond donors (Lipinski definition) is 0. The SMILES string of the molecule is C=CC(c1cc(OC)c(OC)cc1Br)N(Cc1ccccc1)C(=O)C(=C)C. The van der Waals surface area contributed by atoms with E-state index in [0.717, 1.165) is 15.6 Å². The number of nitrogens with zero attached hydrogens (tertiary/aromatic N) is 1. The largest absolute Gasteiger partial charge is 0.493 e. The number of amides is 1. The number of hydrogen-bond acceptors (Lipinski definition) is 3. The van der Waals surface area contributed by atoms with Crippen LogP contribution in [-0.2, 0) is 11.3 Å². The Balaban J connectivity index is 2.53. The van der Waals surface area contributed by atoms with Gasteiger partial charge in [0.05, 0.1) is 20.3 Å². The number of benzene rings is 2. The maximum atomic E-state index is 12.9. The zero-order valence-corrected chi connectivity index (χ0v) is 17.5. The second kappa shape index (κ2) is 9.42. The van der Waals surface area contributed by atoms with Crippen LogP contribution in [0.5, 0.6) is 11.5 Å². The molecule has 142 valence electrons. The first-order valence-corrected chi connectivity index (χ1v) is 9.26. The first-order chi connectivity index (χ1) is 12.9. The van der Waals surface area contributed by atoms with Crippen molar-refractivity contribution in [2.45, 2.75) is 19.5 Å². The van der Waals surface area contributed by atoms with E-state index in [1.807, 2.05) is 42.5 Å². The highest BCUT2D eigenvalue weighted by atomic mass is 79.9. The molecule has 0 aliphatic carbocycles. The van der Waals surface area contributed by atoms with E-state index in [1.165, 1.54) is 0 Å².